The lowest BCUT2D eigenvalue weighted by molar-refractivity contribution is -0.145. The highest BCUT2D eigenvalue weighted by molar-refractivity contribution is 6.31. The topological polar surface area (TPSA) is 96.7 Å². The maximum Gasteiger partial charge on any atom is 0.435 e. The van der Waals surface area contributed by atoms with Crippen molar-refractivity contribution in [3.8, 4) is 5.75 Å². The number of halogens is 4. The molecule has 3 rings (SSSR count). The van der Waals surface area contributed by atoms with Crippen LogP contribution in [-0.4, -0.2) is 51.4 Å². The number of nitrogens with one attached hydrogen (secondary N) is 1. The summed E-state index contributed by atoms with van der Waals surface area (Å²) in [6.07, 6.45) is -4.42. The number of hydrogen-bond acceptors (Lipinski definition) is 5. The third-order valence-electron chi connectivity index (χ3n) is 5.28. The SMILES string of the molecule is CCC(C(=O)O)N1CCc2c(C(F)(F)F)nn(CC(=O)Nc3cc(Cl)ccc3OC)c2C1. The number of aromatic nitrogens is 2. The van der Waals surface area contributed by atoms with E-state index in [2.05, 4.69) is 10.4 Å². The van der Waals surface area contributed by atoms with Crippen molar-refractivity contribution in [2.45, 2.75) is 45.1 Å². The molecule has 0 radical (unpaired) electrons. The van der Waals surface area contributed by atoms with Crippen LogP contribution in [0.15, 0.2) is 18.2 Å². The maximum atomic E-state index is 13.6. The van der Waals surface area contributed by atoms with Gasteiger partial charge >= 0.3 is 12.1 Å². The van der Waals surface area contributed by atoms with Crippen LogP contribution in [0.1, 0.15) is 30.3 Å². The fraction of sp³-hybridized carbons (Fsp3) is 0.450. The van der Waals surface area contributed by atoms with Crippen molar-refractivity contribution >= 4 is 29.2 Å². The molecule has 0 aliphatic carbocycles. The second-order valence-electron chi connectivity index (χ2n) is 7.30. The van der Waals surface area contributed by atoms with Crippen molar-refractivity contribution in [3.63, 3.8) is 0 Å². The number of carboxylic acid groups (broad SMARTS) is 1. The van der Waals surface area contributed by atoms with Gasteiger partial charge in [-0.2, -0.15) is 18.3 Å². The molecule has 1 aliphatic rings. The van der Waals surface area contributed by atoms with Crippen LogP contribution in [0.5, 0.6) is 5.75 Å². The van der Waals surface area contributed by atoms with Gasteiger partial charge in [0.15, 0.2) is 5.69 Å². The maximum absolute atomic E-state index is 13.6. The molecule has 1 aromatic carbocycles. The van der Waals surface area contributed by atoms with E-state index in [0.717, 1.165) is 4.68 Å². The molecule has 8 nitrogen and oxygen atoms in total. The molecule has 32 heavy (non-hydrogen) atoms. The number of carbonyl (C=O) groups is 2. The monoisotopic (exact) mass is 474 g/mol. The molecule has 1 amide bonds. The largest absolute Gasteiger partial charge is 0.495 e. The standard InChI is InChI=1S/C20H22ClF3N4O4/c1-3-14(19(30)31)27-7-6-12-15(9-27)28(26-18(12)20(22,23)24)10-17(29)25-13-8-11(21)4-5-16(13)32-2/h4-5,8,14H,3,6-7,9-10H2,1-2H3,(H,25,29)(H,30,31). The van der Waals surface area contributed by atoms with E-state index in [4.69, 9.17) is 16.3 Å². The van der Waals surface area contributed by atoms with Crippen molar-refractivity contribution in [1.82, 2.24) is 14.7 Å². The normalized spacial score (nSPS) is 15.2. The molecular formula is C20H22ClF3N4O4. The Kier molecular flexibility index (Phi) is 6.99. The number of aliphatic carboxylic acids is 1. The molecule has 0 bridgehead atoms. The van der Waals surface area contributed by atoms with Crippen molar-refractivity contribution in [2.24, 2.45) is 0 Å². The third-order valence-corrected chi connectivity index (χ3v) is 5.51. The molecule has 0 saturated carbocycles. The molecule has 1 aromatic heterocycles. The Morgan fingerprint density at radius 2 is 2.09 bits per heavy atom. The lowest BCUT2D eigenvalue weighted by Crippen LogP contribution is -2.44. The Bertz CT molecular complexity index is 1030. The second kappa shape index (κ2) is 9.37. The summed E-state index contributed by atoms with van der Waals surface area (Å²) in [7, 11) is 1.40. The molecule has 0 fully saturated rings. The van der Waals surface area contributed by atoms with Crippen LogP contribution in [0.25, 0.3) is 0 Å². The highest BCUT2D eigenvalue weighted by Crippen LogP contribution is 2.35. The number of rotatable bonds is 7. The molecule has 1 atom stereocenters. The summed E-state index contributed by atoms with van der Waals surface area (Å²) in [6, 6.07) is 3.73. The van der Waals surface area contributed by atoms with Gasteiger partial charge in [-0.05, 0) is 31.0 Å². The highest BCUT2D eigenvalue weighted by atomic mass is 35.5. The summed E-state index contributed by atoms with van der Waals surface area (Å²) in [5.41, 5.74) is -0.622. The number of alkyl halides is 3. The van der Waals surface area contributed by atoms with Crippen LogP contribution in [-0.2, 0) is 35.3 Å². The van der Waals surface area contributed by atoms with Gasteiger partial charge in [0, 0.05) is 23.7 Å². The van der Waals surface area contributed by atoms with Gasteiger partial charge in [0.2, 0.25) is 5.91 Å². The van der Waals surface area contributed by atoms with Gasteiger partial charge in [0.05, 0.1) is 18.5 Å². The summed E-state index contributed by atoms with van der Waals surface area (Å²) >= 11 is 5.95. The van der Waals surface area contributed by atoms with Gasteiger partial charge in [-0.1, -0.05) is 18.5 Å². The van der Waals surface area contributed by atoms with E-state index >= 15 is 0 Å². The Morgan fingerprint density at radius 1 is 1.38 bits per heavy atom. The average molecular weight is 475 g/mol. The zero-order valence-electron chi connectivity index (χ0n) is 17.4. The van der Waals surface area contributed by atoms with Gasteiger partial charge in [0.1, 0.15) is 18.3 Å². The summed E-state index contributed by atoms with van der Waals surface area (Å²) in [4.78, 5) is 25.7. The second-order valence-corrected chi connectivity index (χ2v) is 7.74. The van der Waals surface area contributed by atoms with Crippen LogP contribution < -0.4 is 10.1 Å². The molecular weight excluding hydrogens is 453 g/mol. The van der Waals surface area contributed by atoms with Crippen molar-refractivity contribution in [3.05, 3.63) is 40.2 Å². The molecule has 2 heterocycles. The number of nitrogens with zero attached hydrogens (tertiary/aromatic N) is 3. The molecule has 1 unspecified atom stereocenters. The number of ether oxygens (including phenoxy) is 1. The third kappa shape index (κ3) is 4.99. The quantitative estimate of drug-likeness (QED) is 0.638. The van der Waals surface area contributed by atoms with Gasteiger partial charge in [-0.3, -0.25) is 19.2 Å². The summed E-state index contributed by atoms with van der Waals surface area (Å²) in [5.74, 6) is -1.35. The molecule has 174 valence electrons. The van der Waals surface area contributed by atoms with Gasteiger partial charge in [-0.15, -0.1) is 0 Å². The smallest absolute Gasteiger partial charge is 0.435 e. The first kappa shape index (κ1) is 23.9. The lowest BCUT2D eigenvalue weighted by Gasteiger charge is -2.32. The number of anilines is 1. The fourth-order valence-electron chi connectivity index (χ4n) is 3.82. The molecule has 1 aliphatic heterocycles. The molecule has 2 aromatic rings. The molecule has 2 N–H and O–H groups in total. The Balaban J connectivity index is 1.90. The first-order valence-electron chi connectivity index (χ1n) is 9.81. The number of carboxylic acids is 1. The fourth-order valence-corrected chi connectivity index (χ4v) is 3.99. The van der Waals surface area contributed by atoms with Crippen molar-refractivity contribution < 1.29 is 32.6 Å². The predicted octanol–water partition coefficient (Wildman–Crippen LogP) is 3.42. The Morgan fingerprint density at radius 3 is 2.69 bits per heavy atom. The summed E-state index contributed by atoms with van der Waals surface area (Å²) in [5, 5.41) is 16.0. The summed E-state index contributed by atoms with van der Waals surface area (Å²) < 4.78 is 46.8. The summed E-state index contributed by atoms with van der Waals surface area (Å²) in [6.45, 7) is 1.29. The highest BCUT2D eigenvalue weighted by Gasteiger charge is 2.41. The van der Waals surface area contributed by atoms with Crippen LogP contribution in [0, 0.1) is 0 Å². The van der Waals surface area contributed by atoms with Crippen LogP contribution >= 0.6 is 11.6 Å². The van der Waals surface area contributed by atoms with Crippen LogP contribution in [0.2, 0.25) is 5.02 Å². The Hall–Kier alpha value is -2.79. The molecule has 0 spiro atoms. The lowest BCUT2D eigenvalue weighted by atomic mass is 10.0. The zero-order valence-corrected chi connectivity index (χ0v) is 18.1. The minimum Gasteiger partial charge on any atom is -0.495 e. The number of carbonyl (C=O) groups excluding carboxylic acids is 1. The van der Waals surface area contributed by atoms with Crippen molar-refractivity contribution in [2.75, 3.05) is 19.0 Å². The molecule has 12 heteroatoms. The van der Waals surface area contributed by atoms with Gasteiger partial charge < -0.3 is 15.2 Å². The van der Waals surface area contributed by atoms with E-state index in [9.17, 15) is 27.9 Å². The number of amides is 1. The number of fused-ring (bicyclic) bond motifs is 1. The number of benzene rings is 1. The van der Waals surface area contributed by atoms with Crippen LogP contribution in [0.3, 0.4) is 0 Å². The van der Waals surface area contributed by atoms with E-state index in [1.165, 1.54) is 13.2 Å². The first-order valence-corrected chi connectivity index (χ1v) is 10.2. The van der Waals surface area contributed by atoms with Gasteiger partial charge in [0.25, 0.3) is 0 Å². The predicted molar refractivity (Wildman–Crippen MR) is 110 cm³/mol. The van der Waals surface area contributed by atoms with E-state index in [-0.39, 0.29) is 36.5 Å². The average Bonchev–Trinajstić information content (AvgIpc) is 3.06. The minimum atomic E-state index is -4.69. The first-order chi connectivity index (χ1) is 15.0. The van der Waals surface area contributed by atoms with Crippen LogP contribution in [0.4, 0.5) is 18.9 Å². The van der Waals surface area contributed by atoms with E-state index in [1.807, 2.05) is 0 Å². The van der Waals surface area contributed by atoms with E-state index < -0.39 is 36.3 Å². The minimum absolute atomic E-state index is 0.0119. The zero-order chi connectivity index (χ0) is 23.6. The Labute approximate surface area is 186 Å². The van der Waals surface area contributed by atoms with Gasteiger partial charge in [-0.25, -0.2) is 0 Å². The van der Waals surface area contributed by atoms with E-state index in [1.54, 1.807) is 24.0 Å². The number of methoxy groups -OCH3 is 1. The molecule has 0 saturated heterocycles. The number of hydrogen-bond donors (Lipinski definition) is 2. The van der Waals surface area contributed by atoms with E-state index in [0.29, 0.717) is 17.2 Å². The van der Waals surface area contributed by atoms with Crippen molar-refractivity contribution in [1.29, 1.82) is 0 Å².